The molecule has 17 heavy (non-hydrogen) atoms. The molecule has 0 saturated carbocycles. The lowest BCUT2D eigenvalue weighted by molar-refractivity contribution is -0.140. The quantitative estimate of drug-likeness (QED) is 0.584. The summed E-state index contributed by atoms with van der Waals surface area (Å²) in [5, 5.41) is 0. The van der Waals surface area contributed by atoms with E-state index in [1.807, 2.05) is 26.0 Å². The van der Waals surface area contributed by atoms with E-state index in [0.717, 1.165) is 5.56 Å². The second kappa shape index (κ2) is 6.37. The number of methoxy groups -OCH3 is 2. The van der Waals surface area contributed by atoms with Crippen LogP contribution in [0.25, 0.3) is 0 Å². The molecule has 0 N–H and O–H groups in total. The highest BCUT2D eigenvalue weighted by Crippen LogP contribution is 2.19. The zero-order valence-corrected chi connectivity index (χ0v) is 10.6. The molecule has 4 nitrogen and oxygen atoms in total. The molecule has 0 spiro atoms. The van der Waals surface area contributed by atoms with Crippen molar-refractivity contribution in [3.63, 3.8) is 0 Å². The van der Waals surface area contributed by atoms with Gasteiger partial charge in [0.05, 0.1) is 18.8 Å². The number of carbonyl (C=O) groups is 1. The van der Waals surface area contributed by atoms with E-state index in [2.05, 4.69) is 4.74 Å². The maximum atomic E-state index is 11.2. The van der Waals surface area contributed by atoms with Crippen molar-refractivity contribution in [3.8, 4) is 0 Å². The summed E-state index contributed by atoms with van der Waals surface area (Å²) in [6.45, 7) is 3.77. The van der Waals surface area contributed by atoms with Gasteiger partial charge < -0.3 is 14.2 Å². The lowest BCUT2D eigenvalue weighted by atomic mass is 10.1. The summed E-state index contributed by atoms with van der Waals surface area (Å²) in [5.74, 6) is -0.338. The topological polar surface area (TPSA) is 44.8 Å². The molecular weight excluding hydrogens is 220 g/mol. The second-order valence-electron chi connectivity index (χ2n) is 3.70. The molecule has 0 aliphatic heterocycles. The lowest BCUT2D eigenvalue weighted by Gasteiger charge is -2.18. The average Bonchev–Trinajstić information content (AvgIpc) is 2.37. The predicted octanol–water partition coefficient (Wildman–Crippen LogP) is 2.54. The summed E-state index contributed by atoms with van der Waals surface area (Å²) in [4.78, 5) is 11.2. The van der Waals surface area contributed by atoms with Crippen LogP contribution in [0.15, 0.2) is 24.3 Å². The number of ether oxygens (including phenoxy) is 3. The van der Waals surface area contributed by atoms with Gasteiger partial charge in [-0.15, -0.1) is 0 Å². The van der Waals surface area contributed by atoms with E-state index in [1.165, 1.54) is 7.11 Å². The van der Waals surface area contributed by atoms with E-state index in [1.54, 1.807) is 19.2 Å². The van der Waals surface area contributed by atoms with Gasteiger partial charge in [0, 0.05) is 7.11 Å². The monoisotopic (exact) mass is 238 g/mol. The minimum absolute atomic E-state index is 0.0864. The average molecular weight is 238 g/mol. The van der Waals surface area contributed by atoms with Crippen molar-refractivity contribution in [1.82, 2.24) is 0 Å². The molecule has 0 heterocycles. The van der Waals surface area contributed by atoms with E-state index in [-0.39, 0.29) is 18.4 Å². The van der Waals surface area contributed by atoms with Gasteiger partial charge in [-0.1, -0.05) is 12.1 Å². The Morgan fingerprint density at radius 3 is 2.18 bits per heavy atom. The van der Waals surface area contributed by atoms with E-state index < -0.39 is 0 Å². The molecule has 1 aromatic carbocycles. The zero-order chi connectivity index (χ0) is 12.8. The van der Waals surface area contributed by atoms with Gasteiger partial charge >= 0.3 is 5.97 Å². The molecule has 0 aliphatic carbocycles. The first-order chi connectivity index (χ1) is 8.08. The van der Waals surface area contributed by atoms with Crippen molar-refractivity contribution < 1.29 is 19.0 Å². The summed E-state index contributed by atoms with van der Waals surface area (Å²) in [6, 6.07) is 7.13. The minimum atomic E-state index is -0.338. The largest absolute Gasteiger partial charge is 0.465 e. The van der Waals surface area contributed by atoms with Crippen LogP contribution in [0.4, 0.5) is 0 Å². The number of esters is 1. The Kier molecular flexibility index (Phi) is 5.12. The Hall–Kier alpha value is -1.39. The zero-order valence-electron chi connectivity index (χ0n) is 10.6. The molecule has 94 valence electrons. The van der Waals surface area contributed by atoms with Gasteiger partial charge in [0.15, 0.2) is 6.29 Å². The number of rotatable bonds is 5. The smallest absolute Gasteiger partial charge is 0.337 e. The van der Waals surface area contributed by atoms with E-state index in [4.69, 9.17) is 9.47 Å². The third kappa shape index (κ3) is 3.84. The Morgan fingerprint density at radius 2 is 1.71 bits per heavy atom. The maximum Gasteiger partial charge on any atom is 0.337 e. The van der Waals surface area contributed by atoms with Gasteiger partial charge in [-0.05, 0) is 31.5 Å². The third-order valence-corrected chi connectivity index (χ3v) is 2.53. The summed E-state index contributed by atoms with van der Waals surface area (Å²) < 4.78 is 15.2. The first-order valence-electron chi connectivity index (χ1n) is 5.45. The fourth-order valence-corrected chi connectivity index (χ4v) is 1.43. The number of hydrogen-bond donors (Lipinski definition) is 0. The lowest BCUT2D eigenvalue weighted by Crippen LogP contribution is -2.13. The van der Waals surface area contributed by atoms with Gasteiger partial charge in [-0.3, -0.25) is 0 Å². The van der Waals surface area contributed by atoms with Crippen LogP contribution < -0.4 is 0 Å². The van der Waals surface area contributed by atoms with Crippen LogP contribution in [0, 0.1) is 0 Å². The van der Waals surface area contributed by atoms with Crippen molar-refractivity contribution >= 4 is 5.97 Å². The SMILES string of the molecule is COC(=O)c1ccc(C(C)OC(C)OC)cc1. The third-order valence-electron chi connectivity index (χ3n) is 2.53. The molecule has 0 fully saturated rings. The highest BCUT2D eigenvalue weighted by Gasteiger charge is 2.11. The Labute approximate surface area is 101 Å². The van der Waals surface area contributed by atoms with Crippen molar-refractivity contribution in [3.05, 3.63) is 35.4 Å². The summed E-state index contributed by atoms with van der Waals surface area (Å²) in [5.41, 5.74) is 1.52. The molecule has 0 aromatic heterocycles. The summed E-state index contributed by atoms with van der Waals surface area (Å²) in [6.07, 6.45) is -0.345. The Balaban J connectivity index is 2.70. The van der Waals surface area contributed by atoms with Crippen molar-refractivity contribution in [2.45, 2.75) is 26.2 Å². The number of hydrogen-bond acceptors (Lipinski definition) is 4. The summed E-state index contributed by atoms with van der Waals surface area (Å²) >= 11 is 0. The normalized spacial score (nSPS) is 14.1. The Bertz CT molecular complexity index is 358. The molecule has 0 radical (unpaired) electrons. The van der Waals surface area contributed by atoms with Crippen LogP contribution in [-0.4, -0.2) is 26.5 Å². The molecule has 0 saturated heterocycles. The van der Waals surface area contributed by atoms with Crippen molar-refractivity contribution in [2.24, 2.45) is 0 Å². The van der Waals surface area contributed by atoms with Crippen molar-refractivity contribution in [2.75, 3.05) is 14.2 Å². The van der Waals surface area contributed by atoms with Gasteiger partial charge in [-0.2, -0.15) is 0 Å². The van der Waals surface area contributed by atoms with Crippen LogP contribution in [0.5, 0.6) is 0 Å². The van der Waals surface area contributed by atoms with E-state index in [9.17, 15) is 4.79 Å². The fourth-order valence-electron chi connectivity index (χ4n) is 1.43. The number of benzene rings is 1. The molecule has 4 heteroatoms. The van der Waals surface area contributed by atoms with Crippen LogP contribution in [0.3, 0.4) is 0 Å². The van der Waals surface area contributed by atoms with Crippen molar-refractivity contribution in [1.29, 1.82) is 0 Å². The number of carbonyl (C=O) groups excluding carboxylic acids is 1. The van der Waals surface area contributed by atoms with Crippen LogP contribution >= 0.6 is 0 Å². The van der Waals surface area contributed by atoms with E-state index >= 15 is 0 Å². The second-order valence-corrected chi connectivity index (χ2v) is 3.70. The van der Waals surface area contributed by atoms with Gasteiger partial charge in [0.1, 0.15) is 0 Å². The molecule has 0 amide bonds. The molecule has 2 atom stereocenters. The Morgan fingerprint density at radius 1 is 1.12 bits per heavy atom. The first-order valence-corrected chi connectivity index (χ1v) is 5.45. The maximum absolute atomic E-state index is 11.2. The molecule has 1 rings (SSSR count). The molecular formula is C13H18O4. The molecule has 0 aliphatic rings. The standard InChI is InChI=1S/C13H18O4/c1-9(17-10(2)15-3)11-5-7-12(8-6-11)13(14)16-4/h5-10H,1-4H3. The molecule has 1 aromatic rings. The van der Waals surface area contributed by atoms with Crippen LogP contribution in [0.2, 0.25) is 0 Å². The first kappa shape index (κ1) is 13.7. The van der Waals surface area contributed by atoms with Gasteiger partial charge in [0.25, 0.3) is 0 Å². The van der Waals surface area contributed by atoms with E-state index in [0.29, 0.717) is 5.56 Å². The van der Waals surface area contributed by atoms with Crippen LogP contribution in [0.1, 0.15) is 35.9 Å². The molecule has 0 bridgehead atoms. The van der Waals surface area contributed by atoms with Gasteiger partial charge in [0.2, 0.25) is 0 Å². The molecule has 2 unspecified atom stereocenters. The fraction of sp³-hybridized carbons (Fsp3) is 0.462. The highest BCUT2D eigenvalue weighted by molar-refractivity contribution is 5.89. The van der Waals surface area contributed by atoms with Gasteiger partial charge in [-0.25, -0.2) is 4.79 Å². The predicted molar refractivity (Wildman–Crippen MR) is 63.8 cm³/mol. The highest BCUT2D eigenvalue weighted by atomic mass is 16.7. The van der Waals surface area contributed by atoms with Crippen LogP contribution in [-0.2, 0) is 14.2 Å². The minimum Gasteiger partial charge on any atom is -0.465 e. The summed E-state index contributed by atoms with van der Waals surface area (Å²) in [7, 11) is 2.96.